The fourth-order valence-corrected chi connectivity index (χ4v) is 4.68. The van der Waals surface area contributed by atoms with Gasteiger partial charge in [-0.15, -0.1) is 0 Å². The molecule has 0 amide bonds. The van der Waals surface area contributed by atoms with Crippen molar-refractivity contribution in [2.75, 3.05) is 5.73 Å². The summed E-state index contributed by atoms with van der Waals surface area (Å²) in [5.41, 5.74) is 8.24. The van der Waals surface area contributed by atoms with Gasteiger partial charge in [-0.3, -0.25) is 0 Å². The number of hydrogen-bond donors (Lipinski definition) is 1. The average molecular weight is 353 g/mol. The number of hydrogen-bond acceptors (Lipinski definition) is 3. The maximum absolute atomic E-state index is 12.7. The van der Waals surface area contributed by atoms with Crippen LogP contribution in [-0.2, 0) is 23.1 Å². The summed E-state index contributed by atoms with van der Waals surface area (Å²) >= 11 is 3.29. The molecule has 1 heterocycles. The van der Waals surface area contributed by atoms with Crippen LogP contribution in [0.15, 0.2) is 51.8 Å². The van der Waals surface area contributed by atoms with E-state index in [2.05, 4.69) is 15.9 Å². The molecule has 0 fully saturated rings. The van der Waals surface area contributed by atoms with E-state index in [1.54, 1.807) is 12.1 Å². The van der Waals surface area contributed by atoms with Crippen LogP contribution in [0.4, 0.5) is 5.69 Å². The van der Waals surface area contributed by atoms with E-state index in [1.165, 1.54) is 10.4 Å². The molecule has 0 radical (unpaired) electrons. The summed E-state index contributed by atoms with van der Waals surface area (Å²) in [6, 6.07) is 12.6. The summed E-state index contributed by atoms with van der Waals surface area (Å²) < 4.78 is 27.4. The number of sulfonamides is 1. The molecule has 0 unspecified atom stereocenters. The van der Waals surface area contributed by atoms with Crippen LogP contribution < -0.4 is 5.73 Å². The first-order valence-corrected chi connectivity index (χ1v) is 8.34. The van der Waals surface area contributed by atoms with E-state index in [9.17, 15) is 8.42 Å². The summed E-state index contributed by atoms with van der Waals surface area (Å²) in [5, 5.41) is 0. The van der Waals surface area contributed by atoms with Crippen molar-refractivity contribution in [3.8, 4) is 0 Å². The van der Waals surface area contributed by atoms with Crippen molar-refractivity contribution < 1.29 is 8.42 Å². The first-order chi connectivity index (χ1) is 9.48. The summed E-state index contributed by atoms with van der Waals surface area (Å²) in [5.74, 6) is 0. The molecule has 0 bridgehead atoms. The van der Waals surface area contributed by atoms with Crippen LogP contribution in [0.1, 0.15) is 11.1 Å². The van der Waals surface area contributed by atoms with Crippen LogP contribution >= 0.6 is 15.9 Å². The van der Waals surface area contributed by atoms with E-state index in [0.717, 1.165) is 11.1 Å². The number of fused-ring (bicyclic) bond motifs is 1. The standard InChI is InChI=1S/C14H13BrN2O2S/c15-13-6-5-12(16)7-14(13)20(18,19)17-8-10-3-1-2-4-11(10)9-17/h1-7H,8-9,16H2. The van der Waals surface area contributed by atoms with E-state index in [1.807, 2.05) is 24.3 Å². The predicted octanol–water partition coefficient (Wildman–Crippen LogP) is 2.74. The van der Waals surface area contributed by atoms with Gasteiger partial charge in [0.15, 0.2) is 0 Å². The van der Waals surface area contributed by atoms with Crippen LogP contribution in [0, 0.1) is 0 Å². The van der Waals surface area contributed by atoms with Gasteiger partial charge >= 0.3 is 0 Å². The van der Waals surface area contributed by atoms with Crippen LogP contribution in [0.3, 0.4) is 0 Å². The lowest BCUT2D eigenvalue weighted by Crippen LogP contribution is -2.26. The number of rotatable bonds is 2. The number of nitrogen functional groups attached to an aromatic ring is 1. The quantitative estimate of drug-likeness (QED) is 0.845. The molecule has 0 spiro atoms. The molecular formula is C14H13BrN2O2S. The maximum Gasteiger partial charge on any atom is 0.244 e. The van der Waals surface area contributed by atoms with E-state index in [4.69, 9.17) is 5.73 Å². The Morgan fingerprint density at radius 3 is 2.25 bits per heavy atom. The Morgan fingerprint density at radius 2 is 1.65 bits per heavy atom. The number of nitrogens with two attached hydrogens (primary N) is 1. The van der Waals surface area contributed by atoms with Gasteiger partial charge in [-0.05, 0) is 45.3 Å². The molecule has 0 atom stereocenters. The SMILES string of the molecule is Nc1ccc(Br)c(S(=O)(=O)N2Cc3ccccc3C2)c1. The van der Waals surface area contributed by atoms with Gasteiger partial charge in [-0.2, -0.15) is 4.31 Å². The number of benzene rings is 2. The Kier molecular flexibility index (Phi) is 3.32. The van der Waals surface area contributed by atoms with Crippen molar-refractivity contribution in [3.05, 3.63) is 58.1 Å². The molecule has 1 aliphatic rings. The Morgan fingerprint density at radius 1 is 1.05 bits per heavy atom. The summed E-state index contributed by atoms with van der Waals surface area (Å²) in [4.78, 5) is 0.213. The Labute approximate surface area is 126 Å². The minimum Gasteiger partial charge on any atom is -0.399 e. The largest absolute Gasteiger partial charge is 0.399 e. The zero-order chi connectivity index (χ0) is 14.3. The summed E-state index contributed by atoms with van der Waals surface area (Å²) in [7, 11) is -3.55. The Balaban J connectivity index is 2.01. The lowest BCUT2D eigenvalue weighted by Gasteiger charge is -2.17. The molecule has 4 nitrogen and oxygen atoms in total. The third-order valence-corrected chi connectivity index (χ3v) is 6.17. The van der Waals surface area contributed by atoms with Crippen LogP contribution in [0.5, 0.6) is 0 Å². The highest BCUT2D eigenvalue weighted by molar-refractivity contribution is 9.10. The zero-order valence-electron chi connectivity index (χ0n) is 10.6. The highest BCUT2D eigenvalue weighted by Crippen LogP contribution is 2.32. The second-order valence-electron chi connectivity index (χ2n) is 4.73. The maximum atomic E-state index is 12.7. The van der Waals surface area contributed by atoms with E-state index in [-0.39, 0.29) is 4.90 Å². The van der Waals surface area contributed by atoms with Crippen molar-refractivity contribution >= 4 is 31.6 Å². The highest BCUT2D eigenvalue weighted by Gasteiger charge is 2.31. The molecule has 0 aromatic heterocycles. The number of nitrogens with zero attached hydrogens (tertiary/aromatic N) is 1. The second-order valence-corrected chi connectivity index (χ2v) is 7.49. The second kappa shape index (κ2) is 4.87. The normalized spacial score (nSPS) is 15.2. The molecule has 2 aromatic rings. The fraction of sp³-hybridized carbons (Fsp3) is 0.143. The number of anilines is 1. The van der Waals surface area contributed by atoms with Crippen molar-refractivity contribution in [1.29, 1.82) is 0 Å². The van der Waals surface area contributed by atoms with E-state index < -0.39 is 10.0 Å². The van der Waals surface area contributed by atoms with Crippen molar-refractivity contribution in [2.45, 2.75) is 18.0 Å². The van der Waals surface area contributed by atoms with E-state index in [0.29, 0.717) is 23.2 Å². The van der Waals surface area contributed by atoms with Crippen LogP contribution in [0.25, 0.3) is 0 Å². The highest BCUT2D eigenvalue weighted by atomic mass is 79.9. The molecule has 2 aromatic carbocycles. The van der Waals surface area contributed by atoms with Crippen LogP contribution in [0.2, 0.25) is 0 Å². The predicted molar refractivity (Wildman–Crippen MR) is 81.4 cm³/mol. The summed E-state index contributed by atoms with van der Waals surface area (Å²) in [6.07, 6.45) is 0. The van der Waals surface area contributed by atoms with Crippen molar-refractivity contribution in [3.63, 3.8) is 0 Å². The van der Waals surface area contributed by atoms with Crippen molar-refractivity contribution in [1.82, 2.24) is 4.31 Å². The molecule has 0 saturated heterocycles. The van der Waals surface area contributed by atoms with Gasteiger partial charge in [0.05, 0.1) is 4.90 Å². The number of halogens is 1. The Hall–Kier alpha value is -1.37. The summed E-state index contributed by atoms with van der Waals surface area (Å²) in [6.45, 7) is 0.805. The lowest BCUT2D eigenvalue weighted by molar-refractivity contribution is 0.431. The molecule has 104 valence electrons. The minimum absolute atomic E-state index is 0.213. The third kappa shape index (κ3) is 2.24. The third-order valence-electron chi connectivity index (χ3n) is 3.38. The molecular weight excluding hydrogens is 340 g/mol. The molecule has 3 rings (SSSR count). The van der Waals surface area contributed by atoms with Gasteiger partial charge in [0.1, 0.15) is 0 Å². The monoisotopic (exact) mass is 352 g/mol. The van der Waals surface area contributed by atoms with Crippen molar-refractivity contribution in [2.24, 2.45) is 0 Å². The first kappa shape index (κ1) is 13.6. The lowest BCUT2D eigenvalue weighted by atomic mass is 10.1. The van der Waals surface area contributed by atoms with Gasteiger partial charge in [0.2, 0.25) is 10.0 Å². The first-order valence-electron chi connectivity index (χ1n) is 6.10. The van der Waals surface area contributed by atoms with E-state index >= 15 is 0 Å². The molecule has 0 aliphatic carbocycles. The Bertz CT molecular complexity index is 749. The van der Waals surface area contributed by atoms with Crippen LogP contribution in [-0.4, -0.2) is 12.7 Å². The molecule has 1 aliphatic heterocycles. The van der Waals surface area contributed by atoms with Gasteiger partial charge in [-0.25, -0.2) is 8.42 Å². The smallest absolute Gasteiger partial charge is 0.244 e. The molecule has 0 saturated carbocycles. The molecule has 20 heavy (non-hydrogen) atoms. The van der Waals surface area contributed by atoms with Gasteiger partial charge in [0.25, 0.3) is 0 Å². The topological polar surface area (TPSA) is 63.4 Å². The zero-order valence-corrected chi connectivity index (χ0v) is 13.0. The average Bonchev–Trinajstić information content (AvgIpc) is 2.86. The minimum atomic E-state index is -3.55. The molecule has 6 heteroatoms. The molecule has 2 N–H and O–H groups in total. The van der Waals surface area contributed by atoms with Gasteiger partial charge in [-0.1, -0.05) is 24.3 Å². The van der Waals surface area contributed by atoms with Gasteiger partial charge in [0, 0.05) is 23.2 Å². The van der Waals surface area contributed by atoms with Gasteiger partial charge < -0.3 is 5.73 Å². The fourth-order valence-electron chi connectivity index (χ4n) is 2.33.